The zero-order valence-electron chi connectivity index (χ0n) is 11.3. The largest absolute Gasteiger partial charge is 0.483 e. The summed E-state index contributed by atoms with van der Waals surface area (Å²) in [5.41, 5.74) is 3.08. The molecular weight excluding hydrogens is 242 g/mol. The summed E-state index contributed by atoms with van der Waals surface area (Å²) >= 11 is 0. The summed E-state index contributed by atoms with van der Waals surface area (Å²) in [6.45, 7) is 5.81. The fraction of sp³-hybridized carbons (Fsp3) is 0.286. The van der Waals surface area contributed by atoms with Gasteiger partial charge in [0.05, 0.1) is 0 Å². The first-order chi connectivity index (χ1) is 9.04. The van der Waals surface area contributed by atoms with Crippen LogP contribution >= 0.6 is 0 Å². The number of anilines is 1. The van der Waals surface area contributed by atoms with Crippen LogP contribution in [0.3, 0.4) is 0 Å². The number of carbonyl (C=O) groups excluding carboxylic acids is 1. The van der Waals surface area contributed by atoms with Gasteiger partial charge in [-0.25, -0.2) is 0 Å². The number of aryl methyl sites for hydroxylation is 3. The number of nitrogens with zero attached hydrogens (tertiary/aromatic N) is 1. The van der Waals surface area contributed by atoms with Gasteiger partial charge < -0.3 is 10.1 Å². The highest BCUT2D eigenvalue weighted by atomic mass is 16.5. The van der Waals surface area contributed by atoms with Crippen LogP contribution in [-0.4, -0.2) is 22.7 Å². The molecule has 100 valence electrons. The molecule has 1 amide bonds. The molecule has 5 heteroatoms. The molecule has 0 spiro atoms. The number of aromatic amines is 1. The van der Waals surface area contributed by atoms with Crippen molar-refractivity contribution in [3.05, 3.63) is 41.1 Å². The number of carbonyl (C=O) groups is 1. The van der Waals surface area contributed by atoms with E-state index >= 15 is 0 Å². The van der Waals surface area contributed by atoms with Gasteiger partial charge in [0.1, 0.15) is 5.75 Å². The Morgan fingerprint density at radius 2 is 2.11 bits per heavy atom. The fourth-order valence-electron chi connectivity index (χ4n) is 1.77. The van der Waals surface area contributed by atoms with Crippen LogP contribution in [0.4, 0.5) is 5.82 Å². The van der Waals surface area contributed by atoms with Crippen molar-refractivity contribution in [2.75, 3.05) is 11.9 Å². The van der Waals surface area contributed by atoms with Gasteiger partial charge in [-0.15, -0.1) is 0 Å². The second-order valence-electron chi connectivity index (χ2n) is 4.54. The summed E-state index contributed by atoms with van der Waals surface area (Å²) in [4.78, 5) is 11.7. The number of benzene rings is 1. The first-order valence-corrected chi connectivity index (χ1v) is 6.06. The molecule has 19 heavy (non-hydrogen) atoms. The number of hydrogen-bond donors (Lipinski definition) is 2. The molecular formula is C14H17N3O2. The molecule has 0 aliphatic carbocycles. The predicted molar refractivity (Wildman–Crippen MR) is 73.4 cm³/mol. The smallest absolute Gasteiger partial charge is 0.263 e. The highest BCUT2D eigenvalue weighted by Crippen LogP contribution is 2.18. The van der Waals surface area contributed by atoms with Crippen molar-refractivity contribution in [3.63, 3.8) is 0 Å². The van der Waals surface area contributed by atoms with Gasteiger partial charge in [-0.1, -0.05) is 17.7 Å². The summed E-state index contributed by atoms with van der Waals surface area (Å²) in [6, 6.07) is 7.60. The molecule has 5 nitrogen and oxygen atoms in total. The number of aromatic nitrogens is 2. The van der Waals surface area contributed by atoms with Crippen molar-refractivity contribution in [3.8, 4) is 5.75 Å². The van der Waals surface area contributed by atoms with E-state index in [1.54, 1.807) is 6.07 Å². The predicted octanol–water partition coefficient (Wildman–Crippen LogP) is 2.35. The van der Waals surface area contributed by atoms with Crippen LogP contribution in [0.5, 0.6) is 5.75 Å². The molecule has 1 aromatic carbocycles. The molecule has 1 heterocycles. The van der Waals surface area contributed by atoms with E-state index in [9.17, 15) is 4.79 Å². The number of hydrogen-bond acceptors (Lipinski definition) is 3. The summed E-state index contributed by atoms with van der Waals surface area (Å²) < 4.78 is 5.48. The molecule has 2 aromatic rings. The zero-order valence-corrected chi connectivity index (χ0v) is 11.3. The molecule has 0 aliphatic rings. The maximum absolute atomic E-state index is 11.7. The number of nitrogens with one attached hydrogen (secondary N) is 2. The SMILES string of the molecule is Cc1ccc(OCC(=O)Nc2cc(C)[nH]n2)c(C)c1. The van der Waals surface area contributed by atoms with Crippen molar-refractivity contribution in [2.45, 2.75) is 20.8 Å². The van der Waals surface area contributed by atoms with Crippen LogP contribution in [-0.2, 0) is 4.79 Å². The molecule has 0 bridgehead atoms. The molecule has 0 saturated carbocycles. The van der Waals surface area contributed by atoms with E-state index in [0.29, 0.717) is 5.82 Å². The zero-order chi connectivity index (χ0) is 13.8. The lowest BCUT2D eigenvalue weighted by Crippen LogP contribution is -2.20. The van der Waals surface area contributed by atoms with Gasteiger partial charge in [0, 0.05) is 11.8 Å². The van der Waals surface area contributed by atoms with Gasteiger partial charge in [0.25, 0.3) is 5.91 Å². The van der Waals surface area contributed by atoms with Gasteiger partial charge in [0.2, 0.25) is 0 Å². The molecule has 0 atom stereocenters. The van der Waals surface area contributed by atoms with Gasteiger partial charge in [-0.05, 0) is 32.4 Å². The van der Waals surface area contributed by atoms with Crippen molar-refractivity contribution < 1.29 is 9.53 Å². The molecule has 0 aliphatic heterocycles. The van der Waals surface area contributed by atoms with Crippen molar-refractivity contribution >= 4 is 11.7 Å². The normalized spacial score (nSPS) is 10.3. The van der Waals surface area contributed by atoms with Crippen LogP contribution in [0.15, 0.2) is 24.3 Å². The Balaban J connectivity index is 1.89. The maximum atomic E-state index is 11.7. The van der Waals surface area contributed by atoms with Gasteiger partial charge in [-0.2, -0.15) is 5.10 Å². The summed E-state index contributed by atoms with van der Waals surface area (Å²) in [5, 5.41) is 9.34. The lowest BCUT2D eigenvalue weighted by atomic mass is 10.1. The number of H-pyrrole nitrogens is 1. The third-order valence-corrected chi connectivity index (χ3v) is 2.66. The third-order valence-electron chi connectivity index (χ3n) is 2.66. The van der Waals surface area contributed by atoms with E-state index in [0.717, 1.165) is 17.0 Å². The minimum Gasteiger partial charge on any atom is -0.483 e. The van der Waals surface area contributed by atoms with E-state index in [4.69, 9.17) is 4.74 Å². The van der Waals surface area contributed by atoms with Gasteiger partial charge in [0.15, 0.2) is 12.4 Å². The van der Waals surface area contributed by atoms with Crippen LogP contribution in [0.2, 0.25) is 0 Å². The van der Waals surface area contributed by atoms with Crippen LogP contribution < -0.4 is 10.1 Å². The van der Waals surface area contributed by atoms with Crippen LogP contribution in [0.1, 0.15) is 16.8 Å². The Hall–Kier alpha value is -2.30. The van der Waals surface area contributed by atoms with E-state index in [-0.39, 0.29) is 12.5 Å². The third kappa shape index (κ3) is 3.58. The van der Waals surface area contributed by atoms with E-state index in [1.165, 1.54) is 5.56 Å². The second kappa shape index (κ2) is 5.56. The minimum absolute atomic E-state index is 0.0319. The topological polar surface area (TPSA) is 67.0 Å². The Labute approximate surface area is 112 Å². The first kappa shape index (κ1) is 13.1. The average molecular weight is 259 g/mol. The molecule has 0 saturated heterocycles. The Morgan fingerprint density at radius 3 is 2.74 bits per heavy atom. The van der Waals surface area contributed by atoms with Crippen LogP contribution in [0, 0.1) is 20.8 Å². The second-order valence-corrected chi connectivity index (χ2v) is 4.54. The molecule has 2 N–H and O–H groups in total. The summed E-state index contributed by atoms with van der Waals surface area (Å²) in [6.07, 6.45) is 0. The molecule has 1 aromatic heterocycles. The van der Waals surface area contributed by atoms with E-state index in [2.05, 4.69) is 15.5 Å². The minimum atomic E-state index is -0.230. The van der Waals surface area contributed by atoms with E-state index in [1.807, 2.05) is 39.0 Å². The number of amides is 1. The van der Waals surface area contributed by atoms with Crippen molar-refractivity contribution in [1.82, 2.24) is 10.2 Å². The standard InChI is InChI=1S/C14H17N3O2/c1-9-4-5-12(10(2)6-9)19-8-14(18)15-13-7-11(3)16-17-13/h4-7H,8H2,1-3H3,(H2,15,16,17,18). The molecule has 0 fully saturated rings. The van der Waals surface area contributed by atoms with Crippen LogP contribution in [0.25, 0.3) is 0 Å². The number of rotatable bonds is 4. The van der Waals surface area contributed by atoms with Crippen molar-refractivity contribution in [1.29, 1.82) is 0 Å². The summed E-state index contributed by atoms with van der Waals surface area (Å²) in [5.74, 6) is 0.997. The maximum Gasteiger partial charge on any atom is 0.263 e. The Kier molecular flexibility index (Phi) is 3.85. The molecule has 2 rings (SSSR count). The lowest BCUT2D eigenvalue weighted by molar-refractivity contribution is -0.118. The van der Waals surface area contributed by atoms with Gasteiger partial charge in [-0.3, -0.25) is 9.89 Å². The van der Waals surface area contributed by atoms with Crippen molar-refractivity contribution in [2.24, 2.45) is 0 Å². The van der Waals surface area contributed by atoms with E-state index < -0.39 is 0 Å². The summed E-state index contributed by atoms with van der Waals surface area (Å²) in [7, 11) is 0. The number of ether oxygens (including phenoxy) is 1. The molecule has 0 unspecified atom stereocenters. The van der Waals surface area contributed by atoms with Gasteiger partial charge >= 0.3 is 0 Å². The fourth-order valence-corrected chi connectivity index (χ4v) is 1.77. The first-order valence-electron chi connectivity index (χ1n) is 6.06. The quantitative estimate of drug-likeness (QED) is 0.885. The monoisotopic (exact) mass is 259 g/mol. The Morgan fingerprint density at radius 1 is 1.32 bits per heavy atom. The Bertz CT molecular complexity index is 590. The lowest BCUT2D eigenvalue weighted by Gasteiger charge is -2.09. The molecule has 0 radical (unpaired) electrons. The highest BCUT2D eigenvalue weighted by molar-refractivity contribution is 5.90. The highest BCUT2D eigenvalue weighted by Gasteiger charge is 2.07. The average Bonchev–Trinajstić information content (AvgIpc) is 2.73.